The van der Waals surface area contributed by atoms with Gasteiger partial charge in [0.05, 0.1) is 24.2 Å². The summed E-state index contributed by atoms with van der Waals surface area (Å²) in [6.07, 6.45) is 0.464. The molecule has 0 aromatic heterocycles. The molecule has 1 aliphatic rings. The van der Waals surface area contributed by atoms with Crippen molar-refractivity contribution in [1.29, 1.82) is 0 Å². The molecule has 2 amide bonds. The van der Waals surface area contributed by atoms with E-state index in [1.165, 1.54) is 23.5 Å². The van der Waals surface area contributed by atoms with Gasteiger partial charge < -0.3 is 20.9 Å². The van der Waals surface area contributed by atoms with Crippen LogP contribution in [0, 0.1) is 11.3 Å². The van der Waals surface area contributed by atoms with Crippen LogP contribution < -0.4 is 15.8 Å². The van der Waals surface area contributed by atoms with E-state index in [0.29, 0.717) is 18.6 Å². The third-order valence-electron chi connectivity index (χ3n) is 7.04. The molecule has 1 saturated carbocycles. The van der Waals surface area contributed by atoms with Crippen molar-refractivity contribution < 1.29 is 27.9 Å². The molecule has 202 valence electrons. The number of benzene rings is 2. The topological polar surface area (TPSA) is 139 Å². The Balaban J connectivity index is 1.88. The maximum Gasteiger partial charge on any atom is 0.243 e. The zero-order valence-corrected chi connectivity index (χ0v) is 22.4. The molecule has 0 radical (unpaired) electrons. The Kier molecular flexibility index (Phi) is 9.33. The van der Waals surface area contributed by atoms with E-state index in [2.05, 4.69) is 5.32 Å². The Labute approximate surface area is 219 Å². The molecule has 9 nitrogen and oxygen atoms in total. The van der Waals surface area contributed by atoms with Gasteiger partial charge in [-0.1, -0.05) is 50.6 Å². The number of primary amides is 1. The first-order chi connectivity index (χ1) is 17.5. The quantitative estimate of drug-likeness (QED) is 0.319. The number of nitrogens with two attached hydrogens (primary N) is 1. The molecule has 1 aliphatic carbocycles. The lowest BCUT2D eigenvalue weighted by molar-refractivity contribution is -0.136. The Hall–Kier alpha value is -2.95. The molecule has 0 saturated heterocycles. The number of carbonyl (C=O) groups excluding carboxylic acids is 2. The number of carbonyl (C=O) groups is 2. The summed E-state index contributed by atoms with van der Waals surface area (Å²) < 4.78 is 33.6. The lowest BCUT2D eigenvalue weighted by atomic mass is 9.98. The van der Waals surface area contributed by atoms with Gasteiger partial charge in [-0.3, -0.25) is 9.59 Å². The van der Waals surface area contributed by atoms with Gasteiger partial charge in [0.15, 0.2) is 0 Å². The highest BCUT2D eigenvalue weighted by molar-refractivity contribution is 7.89. The van der Waals surface area contributed by atoms with Crippen LogP contribution in [-0.2, 0) is 26.0 Å². The van der Waals surface area contributed by atoms with Crippen LogP contribution >= 0.6 is 0 Å². The summed E-state index contributed by atoms with van der Waals surface area (Å²) in [5.41, 5.74) is 5.06. The number of hydrogen-bond acceptors (Lipinski definition) is 6. The molecule has 4 N–H and O–H groups in total. The van der Waals surface area contributed by atoms with Crippen molar-refractivity contribution >= 4 is 21.8 Å². The van der Waals surface area contributed by atoms with Crippen molar-refractivity contribution in [1.82, 2.24) is 9.62 Å². The lowest BCUT2D eigenvalue weighted by Crippen LogP contribution is -2.54. The second-order valence-corrected chi connectivity index (χ2v) is 11.7. The molecule has 3 atom stereocenters. The van der Waals surface area contributed by atoms with Crippen molar-refractivity contribution in [2.45, 2.75) is 56.6 Å². The highest BCUT2D eigenvalue weighted by atomic mass is 32.2. The second kappa shape index (κ2) is 12.1. The number of rotatable bonds is 14. The second-order valence-electron chi connectivity index (χ2n) is 9.79. The summed E-state index contributed by atoms with van der Waals surface area (Å²) in [4.78, 5) is 25.0. The van der Waals surface area contributed by atoms with Gasteiger partial charge in [-0.05, 0) is 55.0 Å². The van der Waals surface area contributed by atoms with E-state index in [1.807, 2.05) is 44.2 Å². The maximum absolute atomic E-state index is 13.6. The average molecular weight is 532 g/mol. The number of nitrogens with one attached hydrogen (secondary N) is 1. The number of ether oxygens (including phenoxy) is 1. The molecular weight excluding hydrogens is 494 g/mol. The first-order valence-electron chi connectivity index (χ1n) is 12.5. The van der Waals surface area contributed by atoms with Crippen molar-refractivity contribution in [2.24, 2.45) is 17.1 Å². The Morgan fingerprint density at radius 3 is 2.24 bits per heavy atom. The predicted octanol–water partition coefficient (Wildman–Crippen LogP) is 2.09. The van der Waals surface area contributed by atoms with E-state index < -0.39 is 39.4 Å². The summed E-state index contributed by atoms with van der Waals surface area (Å²) in [6, 6.07) is 14.5. The lowest BCUT2D eigenvalue weighted by Gasteiger charge is -2.31. The number of nitrogens with zero attached hydrogens (tertiary/aromatic N) is 1. The van der Waals surface area contributed by atoms with E-state index in [1.54, 1.807) is 12.1 Å². The first kappa shape index (κ1) is 28.6. The zero-order chi connectivity index (χ0) is 27.2. The molecule has 2 aromatic rings. The van der Waals surface area contributed by atoms with E-state index in [4.69, 9.17) is 10.5 Å². The Morgan fingerprint density at radius 2 is 1.73 bits per heavy atom. The smallest absolute Gasteiger partial charge is 0.243 e. The maximum atomic E-state index is 13.6. The number of sulfonamides is 1. The SMILES string of the molecule is CC[C@H](C)CN(C[C@@H](O)[C@H](Cc1ccccc1)NC(=O)C1(C(N)=O)CC1)S(=O)(=O)c1ccc(OC)cc1. The average Bonchev–Trinajstić information content (AvgIpc) is 3.71. The summed E-state index contributed by atoms with van der Waals surface area (Å²) in [5, 5.41) is 14.1. The standard InChI is InChI=1S/C27H37N3O6S/c1-4-19(2)17-30(37(34,35)22-12-10-21(36-3)11-13-22)18-24(31)23(16-20-8-6-5-7-9-20)29-26(33)27(14-15-27)25(28)32/h5-13,19,23-24,31H,4,14-18H2,1-3H3,(H2,28,32)(H,29,33)/t19-,23-,24+/m0/s1. The molecule has 0 spiro atoms. The molecule has 37 heavy (non-hydrogen) atoms. The third-order valence-corrected chi connectivity index (χ3v) is 8.88. The number of amides is 2. The Bertz CT molecular complexity index is 1170. The minimum atomic E-state index is -3.96. The normalized spacial score (nSPS) is 17.0. The fourth-order valence-electron chi connectivity index (χ4n) is 4.15. The van der Waals surface area contributed by atoms with Crippen LogP contribution in [0.15, 0.2) is 59.5 Å². The summed E-state index contributed by atoms with van der Waals surface area (Å²) in [7, 11) is -2.46. The molecule has 2 aromatic carbocycles. The number of hydrogen-bond donors (Lipinski definition) is 3. The van der Waals surface area contributed by atoms with Crippen molar-refractivity contribution in [3.8, 4) is 5.75 Å². The van der Waals surface area contributed by atoms with Gasteiger partial charge in [-0.2, -0.15) is 4.31 Å². The summed E-state index contributed by atoms with van der Waals surface area (Å²) in [6.45, 7) is 3.87. The van der Waals surface area contributed by atoms with Gasteiger partial charge in [0.2, 0.25) is 21.8 Å². The van der Waals surface area contributed by atoms with E-state index >= 15 is 0 Å². The Morgan fingerprint density at radius 1 is 1.11 bits per heavy atom. The van der Waals surface area contributed by atoms with E-state index in [0.717, 1.165) is 12.0 Å². The molecule has 3 rings (SSSR count). The third kappa shape index (κ3) is 6.88. The van der Waals surface area contributed by atoms with Crippen molar-refractivity contribution in [3.63, 3.8) is 0 Å². The molecule has 0 heterocycles. The molecule has 0 unspecified atom stereocenters. The van der Waals surface area contributed by atoms with Crippen LogP contribution in [0.1, 0.15) is 38.7 Å². The van der Waals surface area contributed by atoms with Crippen LogP contribution in [0.4, 0.5) is 0 Å². The van der Waals surface area contributed by atoms with Gasteiger partial charge >= 0.3 is 0 Å². The van der Waals surface area contributed by atoms with Gasteiger partial charge in [-0.25, -0.2) is 8.42 Å². The number of aliphatic hydroxyl groups excluding tert-OH is 1. The van der Waals surface area contributed by atoms with Gasteiger partial charge in [0.25, 0.3) is 0 Å². The van der Waals surface area contributed by atoms with Gasteiger partial charge in [0.1, 0.15) is 11.2 Å². The molecule has 0 bridgehead atoms. The highest BCUT2D eigenvalue weighted by Gasteiger charge is 2.56. The predicted molar refractivity (Wildman–Crippen MR) is 140 cm³/mol. The molecule has 10 heteroatoms. The van der Waals surface area contributed by atoms with Crippen LogP contribution in [0.25, 0.3) is 0 Å². The van der Waals surface area contributed by atoms with Crippen LogP contribution in [-0.4, -0.2) is 62.0 Å². The van der Waals surface area contributed by atoms with Crippen LogP contribution in [0.3, 0.4) is 0 Å². The largest absolute Gasteiger partial charge is 0.497 e. The highest BCUT2D eigenvalue weighted by Crippen LogP contribution is 2.45. The number of methoxy groups -OCH3 is 1. The van der Waals surface area contributed by atoms with Gasteiger partial charge in [0, 0.05) is 13.1 Å². The van der Waals surface area contributed by atoms with Gasteiger partial charge in [-0.15, -0.1) is 0 Å². The zero-order valence-electron chi connectivity index (χ0n) is 21.6. The minimum Gasteiger partial charge on any atom is -0.497 e. The summed E-state index contributed by atoms with van der Waals surface area (Å²) >= 11 is 0. The summed E-state index contributed by atoms with van der Waals surface area (Å²) in [5.74, 6) is -0.668. The monoisotopic (exact) mass is 531 g/mol. The molecule has 1 fully saturated rings. The fraction of sp³-hybridized carbons (Fsp3) is 0.481. The fourth-order valence-corrected chi connectivity index (χ4v) is 5.73. The molecular formula is C27H37N3O6S. The van der Waals surface area contributed by atoms with E-state index in [9.17, 15) is 23.1 Å². The van der Waals surface area contributed by atoms with Crippen molar-refractivity contribution in [2.75, 3.05) is 20.2 Å². The minimum absolute atomic E-state index is 0.0342. The van der Waals surface area contributed by atoms with Crippen LogP contribution in [0.5, 0.6) is 5.75 Å². The molecule has 0 aliphatic heterocycles. The van der Waals surface area contributed by atoms with Crippen LogP contribution in [0.2, 0.25) is 0 Å². The van der Waals surface area contributed by atoms with E-state index in [-0.39, 0.29) is 30.3 Å². The first-order valence-corrected chi connectivity index (χ1v) is 13.9. The number of aliphatic hydroxyl groups is 1. The van der Waals surface area contributed by atoms with Crippen molar-refractivity contribution in [3.05, 3.63) is 60.2 Å².